The van der Waals surface area contributed by atoms with Gasteiger partial charge in [0.05, 0.1) is 12.3 Å². The minimum atomic E-state index is 0.611. The van der Waals surface area contributed by atoms with Crippen LogP contribution >= 0.6 is 62.8 Å². The van der Waals surface area contributed by atoms with Gasteiger partial charge in [0.15, 0.2) is 8.29 Å². The fourth-order valence-electron chi connectivity index (χ4n) is 1.88. The van der Waals surface area contributed by atoms with Crippen molar-refractivity contribution in [3.63, 3.8) is 0 Å². The molecule has 3 nitrogen and oxygen atoms in total. The number of thioether (sulfide) groups is 1. The summed E-state index contributed by atoms with van der Waals surface area (Å²) in [5.41, 5.74) is 0.915. The lowest BCUT2D eigenvalue weighted by Gasteiger charge is -2.04. The Labute approximate surface area is 166 Å². The van der Waals surface area contributed by atoms with Crippen molar-refractivity contribution in [3.05, 3.63) is 62.0 Å². The first-order valence-electron chi connectivity index (χ1n) is 6.99. The Hall–Kier alpha value is -0.860. The van der Waals surface area contributed by atoms with Gasteiger partial charge in [-0.3, -0.25) is 0 Å². The predicted octanol–water partition coefficient (Wildman–Crippen LogP) is 6.25. The normalized spacial score (nSPS) is 10.8. The van der Waals surface area contributed by atoms with E-state index in [1.54, 1.807) is 16.4 Å². The molecule has 0 N–H and O–H groups in total. The van der Waals surface area contributed by atoms with Gasteiger partial charge >= 0.3 is 0 Å². The van der Waals surface area contributed by atoms with E-state index in [1.165, 1.54) is 11.3 Å². The molecule has 0 saturated heterocycles. The van der Waals surface area contributed by atoms with Gasteiger partial charge in [-0.1, -0.05) is 50.6 Å². The molecule has 2 aromatic carbocycles. The van der Waals surface area contributed by atoms with Gasteiger partial charge in [-0.05, 0) is 60.7 Å². The molecule has 0 aliphatic heterocycles. The summed E-state index contributed by atoms with van der Waals surface area (Å²) < 4.78 is 10.1. The van der Waals surface area contributed by atoms with Crippen LogP contribution in [0.4, 0.5) is 0 Å². The molecule has 0 aliphatic rings. The highest BCUT2D eigenvalue weighted by Gasteiger charge is 2.06. The van der Waals surface area contributed by atoms with Crippen LogP contribution in [0.15, 0.2) is 57.3 Å². The van der Waals surface area contributed by atoms with Crippen LogP contribution in [-0.4, -0.2) is 22.1 Å². The average Bonchev–Trinajstić information content (AvgIpc) is 2.95. The van der Waals surface area contributed by atoms with Gasteiger partial charge < -0.3 is 4.74 Å². The van der Waals surface area contributed by atoms with Crippen LogP contribution in [0, 0.1) is 3.95 Å². The zero-order valence-electron chi connectivity index (χ0n) is 12.3. The van der Waals surface area contributed by atoms with Gasteiger partial charge in [-0.2, -0.15) is 0 Å². The van der Waals surface area contributed by atoms with Crippen LogP contribution in [0.1, 0.15) is 0 Å². The van der Waals surface area contributed by atoms with Crippen LogP contribution in [0.25, 0.3) is 5.69 Å². The van der Waals surface area contributed by atoms with Gasteiger partial charge in [0, 0.05) is 15.2 Å². The monoisotopic (exact) mass is 458 g/mol. The molecule has 0 atom stereocenters. The molecule has 1 heterocycles. The molecule has 0 radical (unpaired) electrons. The molecule has 0 spiro atoms. The average molecular weight is 460 g/mol. The maximum absolute atomic E-state index is 5.91. The van der Waals surface area contributed by atoms with Crippen molar-refractivity contribution in [1.82, 2.24) is 9.78 Å². The minimum Gasteiger partial charge on any atom is -0.493 e. The summed E-state index contributed by atoms with van der Waals surface area (Å²) in [7, 11) is 0. The van der Waals surface area contributed by atoms with Crippen molar-refractivity contribution < 1.29 is 4.74 Å². The number of halogens is 2. The first-order chi connectivity index (χ1) is 11.6. The summed E-state index contributed by atoms with van der Waals surface area (Å²) in [5.74, 6) is 1.66. The quantitative estimate of drug-likeness (QED) is 0.247. The fraction of sp³-hybridized carbons (Fsp3) is 0.125. The molecule has 0 aliphatic carbocycles. The maximum Gasteiger partial charge on any atom is 0.184 e. The van der Waals surface area contributed by atoms with Gasteiger partial charge in [0.1, 0.15) is 5.75 Å². The van der Waals surface area contributed by atoms with Crippen molar-refractivity contribution in [2.24, 2.45) is 0 Å². The van der Waals surface area contributed by atoms with Gasteiger partial charge in [-0.15, -0.1) is 5.10 Å². The molecule has 1 aromatic heterocycles. The SMILES string of the molecule is S=c1sc(SCCOc2ccc(Br)cc2)nn1-c1ccc(Cl)cc1. The molecular weight excluding hydrogens is 448 g/mol. The van der Waals surface area contributed by atoms with Gasteiger partial charge in [0.25, 0.3) is 0 Å². The second kappa shape index (κ2) is 8.49. The van der Waals surface area contributed by atoms with E-state index >= 15 is 0 Å². The molecule has 0 fully saturated rings. The van der Waals surface area contributed by atoms with Gasteiger partial charge in [0.2, 0.25) is 0 Å². The van der Waals surface area contributed by atoms with E-state index < -0.39 is 0 Å². The molecule has 124 valence electrons. The Morgan fingerprint density at radius 2 is 1.88 bits per heavy atom. The van der Waals surface area contributed by atoms with Crippen LogP contribution < -0.4 is 4.74 Å². The highest BCUT2D eigenvalue weighted by molar-refractivity contribution is 9.10. The van der Waals surface area contributed by atoms with Crippen LogP contribution in [0.3, 0.4) is 0 Å². The second-order valence-electron chi connectivity index (χ2n) is 4.67. The molecule has 0 bridgehead atoms. The van der Waals surface area contributed by atoms with Crippen molar-refractivity contribution in [1.29, 1.82) is 0 Å². The summed E-state index contributed by atoms with van der Waals surface area (Å²) in [6, 6.07) is 15.3. The Balaban J connectivity index is 1.56. The largest absolute Gasteiger partial charge is 0.493 e. The Morgan fingerprint density at radius 3 is 2.58 bits per heavy atom. The lowest BCUT2D eigenvalue weighted by atomic mass is 10.3. The number of rotatable bonds is 6. The van der Waals surface area contributed by atoms with Crippen molar-refractivity contribution in [2.75, 3.05) is 12.4 Å². The smallest absolute Gasteiger partial charge is 0.184 e. The van der Waals surface area contributed by atoms with E-state index in [2.05, 4.69) is 21.0 Å². The molecule has 24 heavy (non-hydrogen) atoms. The molecule has 3 rings (SSSR count). The molecule has 0 amide bonds. The summed E-state index contributed by atoms with van der Waals surface area (Å²) in [6.45, 7) is 0.611. The van der Waals surface area contributed by atoms with Crippen LogP contribution in [0.5, 0.6) is 5.75 Å². The first-order valence-corrected chi connectivity index (χ1v) is 10.4. The zero-order chi connectivity index (χ0) is 16.9. The number of benzene rings is 2. The summed E-state index contributed by atoms with van der Waals surface area (Å²) in [4.78, 5) is 0. The third-order valence-corrected chi connectivity index (χ3v) is 6.10. The van der Waals surface area contributed by atoms with E-state index in [0.29, 0.717) is 15.6 Å². The molecule has 0 unspecified atom stereocenters. The summed E-state index contributed by atoms with van der Waals surface area (Å²) in [6.07, 6.45) is 0. The lowest BCUT2D eigenvalue weighted by molar-refractivity contribution is 0.344. The highest BCUT2D eigenvalue weighted by atomic mass is 79.9. The van der Waals surface area contributed by atoms with Crippen LogP contribution in [-0.2, 0) is 0 Å². The molecular formula is C16H12BrClN2OS3. The standard InChI is InChI=1S/C16H12BrClN2OS3/c17-11-1-7-14(8-2-11)21-9-10-23-15-19-20(16(22)24-15)13-5-3-12(18)4-6-13/h1-8H,9-10H2. The van der Waals surface area contributed by atoms with Crippen molar-refractivity contribution in [2.45, 2.75) is 4.34 Å². The Kier molecular flexibility index (Phi) is 6.35. The van der Waals surface area contributed by atoms with Crippen molar-refractivity contribution >= 4 is 62.8 Å². The first kappa shape index (κ1) is 17.9. The number of hydrogen-bond donors (Lipinski definition) is 0. The fourth-order valence-corrected chi connectivity index (χ4v) is 4.52. The number of nitrogens with zero attached hydrogens (tertiary/aromatic N) is 2. The van der Waals surface area contributed by atoms with E-state index in [4.69, 9.17) is 28.6 Å². The molecule has 3 aromatic rings. The number of aromatic nitrogens is 2. The van der Waals surface area contributed by atoms with E-state index in [1.807, 2.05) is 48.5 Å². The molecule has 8 heteroatoms. The predicted molar refractivity (Wildman–Crippen MR) is 108 cm³/mol. The summed E-state index contributed by atoms with van der Waals surface area (Å²) in [5, 5.41) is 5.25. The number of ether oxygens (including phenoxy) is 1. The third kappa shape index (κ3) is 4.83. The third-order valence-electron chi connectivity index (χ3n) is 2.99. The number of hydrogen-bond acceptors (Lipinski definition) is 5. The Morgan fingerprint density at radius 1 is 1.17 bits per heavy atom. The van der Waals surface area contributed by atoms with E-state index in [9.17, 15) is 0 Å². The van der Waals surface area contributed by atoms with Gasteiger partial charge in [-0.25, -0.2) is 4.68 Å². The molecule has 0 saturated carbocycles. The summed E-state index contributed by atoms with van der Waals surface area (Å²) >= 11 is 17.8. The van der Waals surface area contributed by atoms with Crippen molar-refractivity contribution in [3.8, 4) is 11.4 Å². The zero-order valence-corrected chi connectivity index (χ0v) is 17.1. The topological polar surface area (TPSA) is 27.1 Å². The van der Waals surface area contributed by atoms with E-state index in [0.717, 1.165) is 26.0 Å². The Bertz CT molecular complexity index is 862. The highest BCUT2D eigenvalue weighted by Crippen LogP contribution is 2.25. The minimum absolute atomic E-state index is 0.611. The van der Waals surface area contributed by atoms with Crippen LogP contribution in [0.2, 0.25) is 5.02 Å². The maximum atomic E-state index is 5.91. The lowest BCUT2D eigenvalue weighted by Crippen LogP contribution is -2.00. The second-order valence-corrected chi connectivity index (χ2v) is 8.99. The van der Waals surface area contributed by atoms with E-state index in [-0.39, 0.29) is 0 Å².